The quantitative estimate of drug-likeness (QED) is 0.0720. The zero-order valence-corrected chi connectivity index (χ0v) is 55.1. The molecule has 31 heteroatoms. The minimum atomic E-state index is -3.61. The van der Waals surface area contributed by atoms with Crippen LogP contribution < -0.4 is 40.5 Å². The van der Waals surface area contributed by atoms with E-state index in [0.29, 0.717) is 91.2 Å². The Labute approximate surface area is 554 Å². The summed E-state index contributed by atoms with van der Waals surface area (Å²) in [5.41, 5.74) is 9.23. The first-order valence-corrected chi connectivity index (χ1v) is 35.2. The van der Waals surface area contributed by atoms with E-state index in [9.17, 15) is 31.2 Å². The number of ether oxygens (including phenoxy) is 3. The zero-order valence-electron chi connectivity index (χ0n) is 51.2. The number of likely N-dealkylation sites (tertiary alicyclic amines) is 2. The molecule has 504 valence electrons. The fraction of sp³-hybridized carbons (Fsp3) is 0.557. The molecule has 0 bridgehead atoms. The van der Waals surface area contributed by atoms with Crippen LogP contribution >= 0.6 is 34.8 Å². The Bertz CT molecular complexity index is 3800. The van der Waals surface area contributed by atoms with Gasteiger partial charge < -0.3 is 55.1 Å². The number of hydrogen-bond acceptors (Lipinski definition) is 19. The maximum atomic E-state index is 14.1. The number of halogens is 3. The molecule has 6 fully saturated rings. The molecule has 6 aromatic rings. The van der Waals surface area contributed by atoms with Crippen LogP contribution in [0.2, 0.25) is 15.2 Å². The molecule has 10 heterocycles. The lowest BCUT2D eigenvalue weighted by molar-refractivity contribution is 0.0487. The number of nitrogens with two attached hydrogens (primary N) is 1. The van der Waals surface area contributed by atoms with Crippen LogP contribution in [-0.2, 0) is 34.3 Å². The Hall–Kier alpha value is -6.50. The molecule has 2 atom stereocenters. The first-order chi connectivity index (χ1) is 42.8. The predicted octanol–water partition coefficient (Wildman–Crippen LogP) is 8.25. The fourth-order valence-corrected chi connectivity index (χ4v) is 13.3. The van der Waals surface area contributed by atoms with Gasteiger partial charge in [0.2, 0.25) is 20.0 Å². The third-order valence-corrected chi connectivity index (χ3v) is 17.8. The molecular formula is C61H87Cl3N16O10S2. The second-order valence-electron chi connectivity index (χ2n) is 24.3. The van der Waals surface area contributed by atoms with E-state index in [1.807, 2.05) is 37.4 Å². The Kier molecular flexibility index (Phi) is 23.8. The number of fused-ring (bicyclic) bond motifs is 2. The number of carbonyl (C=O) groups is 3. The number of amides is 3. The van der Waals surface area contributed by atoms with E-state index in [2.05, 4.69) is 45.8 Å². The van der Waals surface area contributed by atoms with E-state index in [1.54, 1.807) is 32.5 Å². The summed E-state index contributed by atoms with van der Waals surface area (Å²) in [4.78, 5) is 58.7. The van der Waals surface area contributed by atoms with Crippen molar-refractivity contribution in [1.82, 2.24) is 49.6 Å². The first-order valence-electron chi connectivity index (χ1n) is 30.3. The van der Waals surface area contributed by atoms with Crippen molar-refractivity contribution < 1.29 is 45.4 Å². The molecule has 6 N–H and O–H groups in total. The standard InChI is InChI=1S/C27H35ClN8O4S.C24H28Cl2N6O4S.C8H16N2O2.2CH4/c1-41(38,39)32-21-7-6-18(28)13-20(21)27(37)35-8-4-2-3-5-23(35)22-14-25-30-24(34-16-19(29)17-34)15-26(36(25)31-22)33-9-11-40-12-10-33;1-37(34,35)29-18-7-6-16(25)13-17(18)24(33)31-8-4-2-3-5-20(31)19-14-22-27-21(26)15-23(32(22)28-19)30-9-11-36-12-10-30;1-8(2,3)12-7(11)10-6-4-9-5-6;;/h6-7,13-15,19,23,32H,2-5,8-12,16-17,29H2,1H3;6-7,13-15,20,29H,2-5,8-12H2,1H3;6,9H,4-5H2,1-3H3,(H,10,11);2*1H4. The number of carbonyl (C=O) groups excluding carboxylic acids is 3. The molecule has 4 aromatic heterocycles. The van der Waals surface area contributed by atoms with Crippen molar-refractivity contribution in [3.8, 4) is 0 Å². The number of hydrogen-bond donors (Lipinski definition) is 5. The lowest BCUT2D eigenvalue weighted by Gasteiger charge is -2.38. The molecule has 6 aliphatic rings. The highest BCUT2D eigenvalue weighted by molar-refractivity contribution is 7.92. The average molecular weight is 1370 g/mol. The van der Waals surface area contributed by atoms with Crippen LogP contribution in [0.15, 0.2) is 60.7 Å². The highest BCUT2D eigenvalue weighted by Crippen LogP contribution is 2.37. The molecule has 0 radical (unpaired) electrons. The maximum absolute atomic E-state index is 14.1. The summed E-state index contributed by atoms with van der Waals surface area (Å²) in [6, 6.07) is 16.6. The highest BCUT2D eigenvalue weighted by atomic mass is 35.5. The molecule has 0 saturated carbocycles. The minimum Gasteiger partial charge on any atom is -0.444 e. The van der Waals surface area contributed by atoms with Crippen LogP contribution in [0.1, 0.15) is 131 Å². The van der Waals surface area contributed by atoms with Crippen LogP contribution in [0.4, 0.5) is 33.6 Å². The Morgan fingerprint density at radius 1 is 0.620 bits per heavy atom. The van der Waals surface area contributed by atoms with Gasteiger partial charge in [-0.15, -0.1) is 0 Å². The number of benzene rings is 2. The second-order valence-corrected chi connectivity index (χ2v) is 29.1. The SMILES string of the molecule is C.C.CC(C)(C)OC(=O)NC1CNC1.CS(=O)(=O)Nc1ccc(Cl)cc1C(=O)N1CCCCCC1c1cc2nc(Cl)cc(N3CCOCC3)n2n1.CS(=O)(=O)Nc1ccc(Cl)cc1C(=O)N1CCCCCC1c1cc2nc(N3CC(N)C3)cc(N3CCOCC3)n2n1. The monoisotopic (exact) mass is 1370 g/mol. The van der Waals surface area contributed by atoms with Crippen molar-refractivity contribution in [2.75, 3.05) is 129 Å². The molecule has 6 saturated heterocycles. The molecule has 12 rings (SSSR count). The summed E-state index contributed by atoms with van der Waals surface area (Å²) in [6.07, 6.45) is 8.70. The highest BCUT2D eigenvalue weighted by Gasteiger charge is 2.35. The molecule has 92 heavy (non-hydrogen) atoms. The molecule has 2 unspecified atom stereocenters. The van der Waals surface area contributed by atoms with E-state index in [1.165, 1.54) is 24.3 Å². The van der Waals surface area contributed by atoms with Crippen molar-refractivity contribution in [3.05, 3.63) is 98.4 Å². The first kappa shape index (κ1) is 71.4. The van der Waals surface area contributed by atoms with E-state index in [4.69, 9.17) is 69.9 Å². The summed E-state index contributed by atoms with van der Waals surface area (Å²) < 4.78 is 72.7. The number of rotatable bonds is 12. The normalized spacial score (nSPS) is 19.3. The van der Waals surface area contributed by atoms with Gasteiger partial charge >= 0.3 is 6.09 Å². The minimum absolute atomic E-state index is 0. The number of morpholine rings is 2. The number of aromatic nitrogens is 6. The Morgan fingerprint density at radius 3 is 1.50 bits per heavy atom. The van der Waals surface area contributed by atoms with Crippen LogP contribution in [0.5, 0.6) is 0 Å². The lowest BCUT2D eigenvalue weighted by atomic mass is 10.0. The van der Waals surface area contributed by atoms with Crippen LogP contribution in [0, 0.1) is 0 Å². The van der Waals surface area contributed by atoms with Gasteiger partial charge in [-0.2, -0.15) is 19.2 Å². The van der Waals surface area contributed by atoms with Crippen molar-refractivity contribution >= 4 is 113 Å². The fourth-order valence-electron chi connectivity index (χ4n) is 11.6. The smallest absolute Gasteiger partial charge is 0.407 e. The molecule has 6 aliphatic heterocycles. The van der Waals surface area contributed by atoms with Gasteiger partial charge in [-0.25, -0.2) is 31.6 Å². The molecule has 3 amide bonds. The lowest BCUT2D eigenvalue weighted by Crippen LogP contribution is -2.57. The van der Waals surface area contributed by atoms with Gasteiger partial charge in [0.05, 0.1) is 91.0 Å². The Balaban J connectivity index is 0.000000198. The summed E-state index contributed by atoms with van der Waals surface area (Å²) >= 11 is 18.9. The average Bonchev–Trinajstić information content (AvgIpc) is 1.59. The van der Waals surface area contributed by atoms with Crippen molar-refractivity contribution in [2.45, 2.75) is 117 Å². The largest absolute Gasteiger partial charge is 0.444 e. The van der Waals surface area contributed by atoms with Crippen LogP contribution in [-0.4, -0.2) is 196 Å². The number of nitrogens with zero attached hydrogens (tertiary/aromatic N) is 11. The third-order valence-electron chi connectivity index (χ3n) is 15.9. The van der Waals surface area contributed by atoms with Gasteiger partial charge in [-0.3, -0.25) is 19.0 Å². The maximum Gasteiger partial charge on any atom is 0.407 e. The molecule has 26 nitrogen and oxygen atoms in total. The second kappa shape index (κ2) is 30.7. The van der Waals surface area contributed by atoms with Crippen LogP contribution in [0.3, 0.4) is 0 Å². The van der Waals surface area contributed by atoms with E-state index >= 15 is 0 Å². The van der Waals surface area contributed by atoms with Gasteiger partial charge in [0.1, 0.15) is 28.2 Å². The summed E-state index contributed by atoms with van der Waals surface area (Å²) in [5.74, 6) is 2.01. The van der Waals surface area contributed by atoms with Crippen LogP contribution in [0.25, 0.3) is 11.3 Å². The third kappa shape index (κ3) is 18.2. The summed E-state index contributed by atoms with van der Waals surface area (Å²) in [7, 11) is -7.21. The van der Waals surface area contributed by atoms with Crippen molar-refractivity contribution in [3.63, 3.8) is 0 Å². The van der Waals surface area contributed by atoms with Gasteiger partial charge in [0, 0.05) is 106 Å². The molecule has 2 aromatic carbocycles. The van der Waals surface area contributed by atoms with Gasteiger partial charge in [-0.1, -0.05) is 75.3 Å². The number of alkyl carbamates (subject to hydrolysis) is 1. The van der Waals surface area contributed by atoms with E-state index in [0.717, 1.165) is 120 Å². The molecule has 0 spiro atoms. The molecular weight excluding hydrogens is 1290 g/mol. The topological polar surface area (TPSA) is 298 Å². The molecule has 0 aliphatic carbocycles. The summed E-state index contributed by atoms with van der Waals surface area (Å²) in [6.45, 7) is 15.2. The van der Waals surface area contributed by atoms with Gasteiger partial charge in [0.15, 0.2) is 11.3 Å². The summed E-state index contributed by atoms with van der Waals surface area (Å²) in [5, 5.41) is 16.8. The van der Waals surface area contributed by atoms with Gasteiger partial charge in [-0.05, 0) is 82.9 Å². The number of anilines is 5. The number of nitrogens with one attached hydrogen (secondary N) is 4. The van der Waals surface area contributed by atoms with Gasteiger partial charge in [0.25, 0.3) is 11.8 Å². The predicted molar refractivity (Wildman–Crippen MR) is 361 cm³/mol. The van der Waals surface area contributed by atoms with Crippen molar-refractivity contribution in [2.24, 2.45) is 5.73 Å². The van der Waals surface area contributed by atoms with E-state index in [-0.39, 0.29) is 79.4 Å². The van der Waals surface area contributed by atoms with Crippen molar-refractivity contribution in [1.29, 1.82) is 0 Å². The Morgan fingerprint density at radius 2 is 1.08 bits per heavy atom. The number of sulfonamides is 2. The van der Waals surface area contributed by atoms with E-state index < -0.39 is 25.6 Å². The zero-order chi connectivity index (χ0) is 64.1.